The van der Waals surface area contributed by atoms with Crippen LogP contribution in [0, 0.1) is 5.92 Å². The summed E-state index contributed by atoms with van der Waals surface area (Å²) >= 11 is 0. The van der Waals surface area contributed by atoms with E-state index in [-0.39, 0.29) is 17.7 Å². The summed E-state index contributed by atoms with van der Waals surface area (Å²) in [5.74, 6) is 0.0571. The van der Waals surface area contributed by atoms with Gasteiger partial charge in [-0.25, -0.2) is 4.68 Å². The van der Waals surface area contributed by atoms with Crippen molar-refractivity contribution in [2.45, 2.75) is 19.4 Å². The van der Waals surface area contributed by atoms with E-state index in [1.54, 1.807) is 10.9 Å². The van der Waals surface area contributed by atoms with Gasteiger partial charge in [-0.15, -0.1) is 0 Å². The Bertz CT molecular complexity index is 1260. The van der Waals surface area contributed by atoms with Gasteiger partial charge in [-0.05, 0) is 42.7 Å². The van der Waals surface area contributed by atoms with E-state index in [2.05, 4.69) is 10.6 Å². The van der Waals surface area contributed by atoms with Crippen molar-refractivity contribution in [1.82, 2.24) is 15.1 Å². The first kappa shape index (κ1) is 20.7. The molecule has 0 atom stereocenters. The molecular weight excluding hydrogens is 412 g/mol. The summed E-state index contributed by atoms with van der Waals surface area (Å²) in [5, 5.41) is 10.6. The zero-order valence-electron chi connectivity index (χ0n) is 18.1. The van der Waals surface area contributed by atoms with Crippen LogP contribution in [0.1, 0.15) is 28.8 Å². The summed E-state index contributed by atoms with van der Waals surface area (Å²) in [4.78, 5) is 25.0. The number of carbonyl (C=O) groups excluding carboxylic acids is 2. The number of benzene rings is 3. The van der Waals surface area contributed by atoms with Gasteiger partial charge in [-0.1, -0.05) is 60.7 Å². The van der Waals surface area contributed by atoms with Crippen LogP contribution >= 0.6 is 0 Å². The van der Waals surface area contributed by atoms with Crippen LogP contribution in [0.15, 0.2) is 91.1 Å². The first-order chi connectivity index (χ1) is 16.2. The second-order valence-electron chi connectivity index (χ2n) is 8.18. The minimum absolute atomic E-state index is 0.0833. The number of nitrogens with one attached hydrogen (secondary N) is 2. The molecule has 2 N–H and O–H groups in total. The van der Waals surface area contributed by atoms with Crippen LogP contribution in [-0.4, -0.2) is 21.6 Å². The summed E-state index contributed by atoms with van der Waals surface area (Å²) in [5.41, 5.74) is 4.64. The lowest BCUT2D eigenvalue weighted by Crippen LogP contribution is -2.23. The maximum absolute atomic E-state index is 13.1. The molecule has 0 bridgehead atoms. The van der Waals surface area contributed by atoms with Gasteiger partial charge in [0, 0.05) is 29.9 Å². The van der Waals surface area contributed by atoms with Gasteiger partial charge in [-0.2, -0.15) is 5.10 Å². The molecule has 4 aromatic rings. The zero-order chi connectivity index (χ0) is 22.6. The van der Waals surface area contributed by atoms with Gasteiger partial charge in [0.25, 0.3) is 5.91 Å². The van der Waals surface area contributed by atoms with Crippen LogP contribution in [0.5, 0.6) is 0 Å². The number of hydrogen-bond donors (Lipinski definition) is 2. The molecule has 0 saturated heterocycles. The molecule has 6 nitrogen and oxygen atoms in total. The number of aromatic nitrogens is 2. The van der Waals surface area contributed by atoms with Crippen molar-refractivity contribution in [3.8, 4) is 16.9 Å². The summed E-state index contributed by atoms with van der Waals surface area (Å²) < 4.78 is 1.73. The average molecular weight is 437 g/mol. The molecule has 0 radical (unpaired) electrons. The van der Waals surface area contributed by atoms with Crippen LogP contribution in [0.3, 0.4) is 0 Å². The molecule has 1 aromatic heterocycles. The first-order valence-corrected chi connectivity index (χ1v) is 11.1. The maximum atomic E-state index is 13.1. The molecule has 0 spiro atoms. The Kier molecular flexibility index (Phi) is 5.72. The predicted octanol–water partition coefficient (Wildman–Crippen LogP) is 4.82. The Hall–Kier alpha value is -4.19. The Morgan fingerprint density at radius 1 is 0.879 bits per heavy atom. The third kappa shape index (κ3) is 4.85. The monoisotopic (exact) mass is 436 g/mol. The smallest absolute Gasteiger partial charge is 0.255 e. The highest BCUT2D eigenvalue weighted by molar-refractivity contribution is 6.00. The second kappa shape index (κ2) is 9.12. The minimum atomic E-state index is -0.192. The van der Waals surface area contributed by atoms with E-state index in [0.29, 0.717) is 17.8 Å². The molecule has 33 heavy (non-hydrogen) atoms. The SMILES string of the molecule is O=C(NCc1ccc(NC(=O)C2CC2)cc1)c1cn(-c2ccccc2)nc1-c1ccccc1. The van der Waals surface area contributed by atoms with Gasteiger partial charge < -0.3 is 10.6 Å². The summed E-state index contributed by atoms with van der Waals surface area (Å²) in [7, 11) is 0. The van der Waals surface area contributed by atoms with Gasteiger partial charge in [-0.3, -0.25) is 9.59 Å². The van der Waals surface area contributed by atoms with Crippen molar-refractivity contribution in [3.63, 3.8) is 0 Å². The first-order valence-electron chi connectivity index (χ1n) is 11.1. The minimum Gasteiger partial charge on any atom is -0.348 e. The van der Waals surface area contributed by atoms with E-state index in [4.69, 9.17) is 5.10 Å². The molecule has 1 saturated carbocycles. The van der Waals surface area contributed by atoms with Crippen LogP contribution in [0.4, 0.5) is 5.69 Å². The lowest BCUT2D eigenvalue weighted by molar-refractivity contribution is -0.117. The number of amides is 2. The van der Waals surface area contributed by atoms with Crippen molar-refractivity contribution >= 4 is 17.5 Å². The van der Waals surface area contributed by atoms with Gasteiger partial charge in [0.1, 0.15) is 5.69 Å². The van der Waals surface area contributed by atoms with Gasteiger partial charge in [0.2, 0.25) is 5.91 Å². The third-order valence-corrected chi connectivity index (χ3v) is 5.65. The van der Waals surface area contributed by atoms with Crippen LogP contribution in [-0.2, 0) is 11.3 Å². The van der Waals surface area contributed by atoms with Crippen molar-refractivity contribution in [1.29, 1.82) is 0 Å². The van der Waals surface area contributed by atoms with E-state index in [1.807, 2.05) is 84.9 Å². The number of nitrogens with zero attached hydrogens (tertiary/aromatic N) is 2. The molecule has 164 valence electrons. The second-order valence-corrected chi connectivity index (χ2v) is 8.18. The van der Waals surface area contributed by atoms with E-state index >= 15 is 0 Å². The Morgan fingerprint density at radius 3 is 2.21 bits per heavy atom. The van der Waals surface area contributed by atoms with Gasteiger partial charge in [0.05, 0.1) is 11.3 Å². The normalized spacial score (nSPS) is 12.8. The summed E-state index contributed by atoms with van der Waals surface area (Å²) in [6.07, 6.45) is 3.72. The quantitative estimate of drug-likeness (QED) is 0.436. The lowest BCUT2D eigenvalue weighted by Gasteiger charge is -2.08. The standard InChI is InChI=1S/C27H24N4O2/c32-26(21-13-14-21)29-22-15-11-19(12-16-22)17-28-27(33)24-18-31(23-9-5-2-6-10-23)30-25(24)20-7-3-1-4-8-20/h1-12,15-16,18,21H,13-14,17H2,(H,28,33)(H,29,32). The maximum Gasteiger partial charge on any atom is 0.255 e. The van der Waals surface area contributed by atoms with Crippen LogP contribution < -0.4 is 10.6 Å². The highest BCUT2D eigenvalue weighted by Crippen LogP contribution is 2.30. The number of anilines is 1. The van der Waals surface area contributed by atoms with Crippen LogP contribution in [0.2, 0.25) is 0 Å². The predicted molar refractivity (Wildman–Crippen MR) is 128 cm³/mol. The van der Waals surface area contributed by atoms with Crippen molar-refractivity contribution in [2.24, 2.45) is 5.92 Å². The van der Waals surface area contributed by atoms with E-state index < -0.39 is 0 Å². The number of hydrogen-bond acceptors (Lipinski definition) is 3. The molecule has 1 heterocycles. The third-order valence-electron chi connectivity index (χ3n) is 5.65. The number of rotatable bonds is 7. The molecule has 3 aromatic carbocycles. The Morgan fingerprint density at radius 2 is 1.55 bits per heavy atom. The fraction of sp³-hybridized carbons (Fsp3) is 0.148. The fourth-order valence-electron chi connectivity index (χ4n) is 3.64. The molecule has 5 rings (SSSR count). The Balaban J connectivity index is 1.32. The van der Waals surface area contributed by atoms with Crippen molar-refractivity contribution in [2.75, 3.05) is 5.32 Å². The van der Waals surface area contributed by atoms with E-state index in [0.717, 1.165) is 35.3 Å². The fourth-order valence-corrected chi connectivity index (χ4v) is 3.64. The van der Waals surface area contributed by atoms with Gasteiger partial charge >= 0.3 is 0 Å². The number of carbonyl (C=O) groups is 2. The molecular formula is C27H24N4O2. The highest BCUT2D eigenvalue weighted by Gasteiger charge is 2.29. The summed E-state index contributed by atoms with van der Waals surface area (Å²) in [6, 6.07) is 27.0. The molecule has 0 aliphatic heterocycles. The molecule has 6 heteroatoms. The van der Waals surface area contributed by atoms with Crippen molar-refractivity contribution < 1.29 is 9.59 Å². The molecule has 0 unspecified atom stereocenters. The summed E-state index contributed by atoms with van der Waals surface area (Å²) in [6.45, 7) is 0.375. The van der Waals surface area contributed by atoms with E-state index in [1.165, 1.54) is 0 Å². The zero-order valence-corrected chi connectivity index (χ0v) is 18.1. The average Bonchev–Trinajstić information content (AvgIpc) is 3.63. The van der Waals surface area contributed by atoms with Crippen LogP contribution in [0.25, 0.3) is 16.9 Å². The van der Waals surface area contributed by atoms with E-state index in [9.17, 15) is 9.59 Å². The molecule has 1 aliphatic rings. The Labute approximate surface area is 192 Å². The molecule has 1 aliphatic carbocycles. The van der Waals surface area contributed by atoms with Gasteiger partial charge in [0.15, 0.2) is 0 Å². The number of para-hydroxylation sites is 1. The van der Waals surface area contributed by atoms with Crippen molar-refractivity contribution in [3.05, 3.63) is 102 Å². The highest BCUT2D eigenvalue weighted by atomic mass is 16.2. The largest absolute Gasteiger partial charge is 0.348 e. The lowest BCUT2D eigenvalue weighted by atomic mass is 10.1. The molecule has 1 fully saturated rings. The topological polar surface area (TPSA) is 76.0 Å². The molecule has 2 amide bonds.